The van der Waals surface area contributed by atoms with E-state index in [9.17, 15) is 4.79 Å². The van der Waals surface area contributed by atoms with Crippen LogP contribution in [0.15, 0.2) is 6.33 Å². The summed E-state index contributed by atoms with van der Waals surface area (Å²) >= 11 is 0. The Morgan fingerprint density at radius 2 is 2.41 bits per heavy atom. The molecule has 17 heavy (non-hydrogen) atoms. The Morgan fingerprint density at radius 1 is 1.59 bits per heavy atom. The summed E-state index contributed by atoms with van der Waals surface area (Å²) < 4.78 is 1.74. The molecule has 0 atom stereocenters. The van der Waals surface area contributed by atoms with Crippen LogP contribution in [-0.4, -0.2) is 33.3 Å². The van der Waals surface area contributed by atoms with Gasteiger partial charge in [0.05, 0.1) is 6.54 Å². The van der Waals surface area contributed by atoms with E-state index in [4.69, 9.17) is 0 Å². The smallest absolute Gasteiger partial charge is 0.220 e. The first-order valence-corrected chi connectivity index (χ1v) is 6.08. The monoisotopic (exact) mass is 237 g/mol. The minimum atomic E-state index is 0.174. The summed E-state index contributed by atoms with van der Waals surface area (Å²) in [6.45, 7) is 1.52. The van der Waals surface area contributed by atoms with E-state index < -0.39 is 0 Å². The van der Waals surface area contributed by atoms with Gasteiger partial charge >= 0.3 is 0 Å². The van der Waals surface area contributed by atoms with Crippen molar-refractivity contribution in [2.24, 2.45) is 7.05 Å². The van der Waals surface area contributed by atoms with E-state index in [0.29, 0.717) is 19.0 Å². The van der Waals surface area contributed by atoms with Crippen molar-refractivity contribution in [1.82, 2.24) is 25.4 Å². The number of amides is 1. The fourth-order valence-electron chi connectivity index (χ4n) is 1.58. The van der Waals surface area contributed by atoms with Crippen LogP contribution < -0.4 is 10.6 Å². The Hall–Kier alpha value is -1.43. The Kier molecular flexibility index (Phi) is 4.08. The third-order valence-electron chi connectivity index (χ3n) is 2.79. The minimum absolute atomic E-state index is 0.174. The summed E-state index contributed by atoms with van der Waals surface area (Å²) in [6, 6.07) is 0.467. The lowest BCUT2D eigenvalue weighted by molar-refractivity contribution is -0.121. The maximum atomic E-state index is 11.4. The molecule has 0 saturated heterocycles. The number of nitrogens with zero attached hydrogens (tertiary/aromatic N) is 3. The third-order valence-corrected chi connectivity index (χ3v) is 2.79. The molecule has 1 aliphatic carbocycles. The van der Waals surface area contributed by atoms with Gasteiger partial charge in [0.2, 0.25) is 5.91 Å². The van der Waals surface area contributed by atoms with Crippen molar-refractivity contribution in [3.05, 3.63) is 12.2 Å². The van der Waals surface area contributed by atoms with Crippen molar-refractivity contribution in [1.29, 1.82) is 0 Å². The molecule has 1 amide bonds. The lowest BCUT2D eigenvalue weighted by Gasteiger charge is -2.05. The molecule has 0 spiro atoms. The van der Waals surface area contributed by atoms with Crippen molar-refractivity contribution in [2.75, 3.05) is 6.54 Å². The molecule has 1 saturated carbocycles. The van der Waals surface area contributed by atoms with E-state index in [1.807, 2.05) is 7.05 Å². The number of aryl methyl sites for hydroxylation is 1. The van der Waals surface area contributed by atoms with Gasteiger partial charge in [-0.05, 0) is 25.8 Å². The molecule has 1 aliphatic rings. The highest BCUT2D eigenvalue weighted by atomic mass is 16.1. The van der Waals surface area contributed by atoms with Crippen LogP contribution in [0, 0.1) is 0 Å². The SMILES string of the molecule is Cn1ncnc1CNCCCC(=O)NC1CC1. The average Bonchev–Trinajstić information content (AvgIpc) is 3.01. The molecule has 0 unspecified atom stereocenters. The van der Waals surface area contributed by atoms with Crippen molar-refractivity contribution in [3.8, 4) is 0 Å². The van der Waals surface area contributed by atoms with Crippen LogP contribution >= 0.6 is 0 Å². The van der Waals surface area contributed by atoms with Gasteiger partial charge in [0.25, 0.3) is 0 Å². The molecule has 1 aromatic heterocycles. The third kappa shape index (κ3) is 4.14. The summed E-state index contributed by atoms with van der Waals surface area (Å²) in [5.74, 6) is 1.08. The molecule has 1 heterocycles. The molecule has 6 heteroatoms. The molecule has 0 aromatic carbocycles. The van der Waals surface area contributed by atoms with E-state index in [2.05, 4.69) is 20.7 Å². The molecule has 0 aliphatic heterocycles. The van der Waals surface area contributed by atoms with E-state index >= 15 is 0 Å². The number of carbonyl (C=O) groups excluding carboxylic acids is 1. The zero-order valence-electron chi connectivity index (χ0n) is 10.1. The van der Waals surface area contributed by atoms with Gasteiger partial charge in [0, 0.05) is 19.5 Å². The molecule has 6 nitrogen and oxygen atoms in total. The topological polar surface area (TPSA) is 71.8 Å². The number of nitrogens with one attached hydrogen (secondary N) is 2. The highest BCUT2D eigenvalue weighted by molar-refractivity contribution is 5.76. The molecule has 1 aromatic rings. The molecular weight excluding hydrogens is 218 g/mol. The minimum Gasteiger partial charge on any atom is -0.353 e. The summed E-state index contributed by atoms with van der Waals surface area (Å²) in [5.41, 5.74) is 0. The number of aromatic nitrogens is 3. The number of hydrogen-bond donors (Lipinski definition) is 2. The van der Waals surface area contributed by atoms with E-state index in [1.54, 1.807) is 11.0 Å². The molecule has 94 valence electrons. The Bertz CT molecular complexity index is 372. The molecule has 2 N–H and O–H groups in total. The zero-order chi connectivity index (χ0) is 12.1. The van der Waals surface area contributed by atoms with Crippen LogP contribution in [0.2, 0.25) is 0 Å². The van der Waals surface area contributed by atoms with Crippen LogP contribution in [0.25, 0.3) is 0 Å². The van der Waals surface area contributed by atoms with Gasteiger partial charge in [0.15, 0.2) is 0 Å². The fourth-order valence-corrected chi connectivity index (χ4v) is 1.58. The van der Waals surface area contributed by atoms with Gasteiger partial charge < -0.3 is 10.6 Å². The van der Waals surface area contributed by atoms with Crippen molar-refractivity contribution >= 4 is 5.91 Å². The highest BCUT2D eigenvalue weighted by Crippen LogP contribution is 2.18. The van der Waals surface area contributed by atoms with Crippen LogP contribution in [0.3, 0.4) is 0 Å². The summed E-state index contributed by atoms with van der Waals surface area (Å²) in [6.07, 6.45) is 5.30. The normalized spacial score (nSPS) is 14.9. The predicted molar refractivity (Wildman–Crippen MR) is 63.1 cm³/mol. The van der Waals surface area contributed by atoms with Gasteiger partial charge in [-0.2, -0.15) is 5.10 Å². The quantitative estimate of drug-likeness (QED) is 0.653. The van der Waals surface area contributed by atoms with Gasteiger partial charge in [0.1, 0.15) is 12.2 Å². The number of hydrogen-bond acceptors (Lipinski definition) is 4. The lowest BCUT2D eigenvalue weighted by atomic mass is 10.3. The first kappa shape index (κ1) is 12.0. The predicted octanol–water partition coefficient (Wildman–Crippen LogP) is -0.0365. The first-order valence-electron chi connectivity index (χ1n) is 6.08. The van der Waals surface area contributed by atoms with Crippen LogP contribution in [0.5, 0.6) is 0 Å². The molecule has 1 fully saturated rings. The Labute approximate surface area is 101 Å². The van der Waals surface area contributed by atoms with Gasteiger partial charge in [-0.1, -0.05) is 0 Å². The first-order chi connectivity index (χ1) is 8.25. The molecule has 0 bridgehead atoms. The Balaban J connectivity index is 1.51. The van der Waals surface area contributed by atoms with Gasteiger partial charge in [-0.25, -0.2) is 4.98 Å². The van der Waals surface area contributed by atoms with E-state index in [1.165, 1.54) is 0 Å². The van der Waals surface area contributed by atoms with Gasteiger partial charge in [-0.3, -0.25) is 9.48 Å². The second-order valence-electron chi connectivity index (χ2n) is 4.42. The van der Waals surface area contributed by atoms with Crippen molar-refractivity contribution < 1.29 is 4.79 Å². The lowest BCUT2D eigenvalue weighted by Crippen LogP contribution is -2.26. The summed E-state index contributed by atoms with van der Waals surface area (Å²) in [4.78, 5) is 15.5. The molecular formula is C11H19N5O. The average molecular weight is 237 g/mol. The van der Waals surface area contributed by atoms with Crippen LogP contribution in [0.4, 0.5) is 0 Å². The van der Waals surface area contributed by atoms with Crippen molar-refractivity contribution in [3.63, 3.8) is 0 Å². The second kappa shape index (κ2) is 5.77. The maximum absolute atomic E-state index is 11.4. The van der Waals surface area contributed by atoms with E-state index in [0.717, 1.165) is 31.6 Å². The van der Waals surface area contributed by atoms with Crippen molar-refractivity contribution in [2.45, 2.75) is 38.3 Å². The molecule has 2 rings (SSSR count). The van der Waals surface area contributed by atoms with E-state index in [-0.39, 0.29) is 5.91 Å². The number of rotatable bonds is 7. The highest BCUT2D eigenvalue weighted by Gasteiger charge is 2.22. The summed E-state index contributed by atoms with van der Waals surface area (Å²) in [7, 11) is 1.87. The second-order valence-corrected chi connectivity index (χ2v) is 4.42. The largest absolute Gasteiger partial charge is 0.353 e. The fraction of sp³-hybridized carbons (Fsp3) is 0.727. The molecule has 0 radical (unpaired) electrons. The number of carbonyl (C=O) groups is 1. The maximum Gasteiger partial charge on any atom is 0.220 e. The zero-order valence-corrected chi connectivity index (χ0v) is 10.1. The van der Waals surface area contributed by atoms with Crippen LogP contribution in [-0.2, 0) is 18.4 Å². The van der Waals surface area contributed by atoms with Gasteiger partial charge in [-0.15, -0.1) is 0 Å². The van der Waals surface area contributed by atoms with Crippen LogP contribution in [0.1, 0.15) is 31.5 Å². The summed E-state index contributed by atoms with van der Waals surface area (Å²) in [5, 5.41) is 10.2. The standard InChI is InChI=1S/C11H19N5O/c1-16-10(13-8-14-16)7-12-6-2-3-11(17)15-9-4-5-9/h8-9,12H,2-7H2,1H3,(H,15,17). The Morgan fingerprint density at radius 3 is 3.06 bits per heavy atom.